The Bertz CT molecular complexity index is 443. The lowest BCUT2D eigenvalue weighted by Crippen LogP contribution is -2.09. The minimum atomic E-state index is -0.629. The van der Waals surface area contributed by atoms with E-state index in [1.807, 2.05) is 0 Å². The van der Waals surface area contributed by atoms with Crippen LogP contribution >= 0.6 is 0 Å². The van der Waals surface area contributed by atoms with Gasteiger partial charge in [0.1, 0.15) is 11.6 Å². The fourth-order valence-corrected chi connectivity index (χ4v) is 1.36. The minimum absolute atomic E-state index is 0.0211. The lowest BCUT2D eigenvalue weighted by molar-refractivity contribution is -0.143. The molecule has 0 aliphatic carbocycles. The molecule has 0 saturated heterocycles. The normalized spacial score (nSPS) is 9.94. The van der Waals surface area contributed by atoms with Gasteiger partial charge in [-0.1, -0.05) is 0 Å². The van der Waals surface area contributed by atoms with Crippen molar-refractivity contribution >= 4 is 11.8 Å². The molecule has 0 atom stereocenters. The fourth-order valence-electron chi connectivity index (χ4n) is 1.36. The van der Waals surface area contributed by atoms with Crippen LogP contribution < -0.4 is 4.74 Å². The second-order valence-electron chi connectivity index (χ2n) is 3.60. The average Bonchev–Trinajstić information content (AvgIpc) is 2.29. The summed E-state index contributed by atoms with van der Waals surface area (Å²) in [6.45, 7) is 3.44. The van der Waals surface area contributed by atoms with Crippen LogP contribution in [0, 0.1) is 5.82 Å². The van der Waals surface area contributed by atoms with Crippen molar-refractivity contribution in [1.82, 2.24) is 0 Å². The van der Waals surface area contributed by atoms with Crippen molar-refractivity contribution in [2.75, 3.05) is 13.2 Å². The van der Waals surface area contributed by atoms with Gasteiger partial charge < -0.3 is 9.47 Å². The van der Waals surface area contributed by atoms with Gasteiger partial charge in [-0.3, -0.25) is 9.59 Å². The highest BCUT2D eigenvalue weighted by Crippen LogP contribution is 2.17. The Morgan fingerprint density at radius 1 is 1.33 bits per heavy atom. The third-order valence-corrected chi connectivity index (χ3v) is 2.20. The predicted molar refractivity (Wildman–Crippen MR) is 63.1 cm³/mol. The summed E-state index contributed by atoms with van der Waals surface area (Å²) in [4.78, 5) is 22.0. The number of Topliss-reactive ketones (excluding diaryl/α,β-unsaturated/α-hetero) is 1. The number of hydrogen-bond donors (Lipinski definition) is 0. The van der Waals surface area contributed by atoms with Crippen LogP contribution in [0.5, 0.6) is 5.75 Å². The largest absolute Gasteiger partial charge is 0.493 e. The molecule has 1 rings (SSSR count). The number of benzene rings is 1. The van der Waals surface area contributed by atoms with Crippen LogP contribution in [-0.4, -0.2) is 25.0 Å². The van der Waals surface area contributed by atoms with Gasteiger partial charge in [0.25, 0.3) is 0 Å². The zero-order valence-corrected chi connectivity index (χ0v) is 10.4. The van der Waals surface area contributed by atoms with Gasteiger partial charge in [-0.15, -0.1) is 0 Å². The summed E-state index contributed by atoms with van der Waals surface area (Å²) in [6.07, 6.45) is 0.101. The molecule has 0 saturated carbocycles. The van der Waals surface area contributed by atoms with E-state index in [0.717, 1.165) is 6.07 Å². The van der Waals surface area contributed by atoms with E-state index in [9.17, 15) is 14.0 Å². The van der Waals surface area contributed by atoms with Crippen LogP contribution in [0.3, 0.4) is 0 Å². The number of carbonyl (C=O) groups is 2. The molecule has 0 amide bonds. The molecule has 0 bridgehead atoms. The maximum absolute atomic E-state index is 13.4. The van der Waals surface area contributed by atoms with E-state index in [-0.39, 0.29) is 36.1 Å². The van der Waals surface area contributed by atoms with Gasteiger partial charge in [-0.25, -0.2) is 4.39 Å². The first-order valence-electron chi connectivity index (χ1n) is 5.63. The summed E-state index contributed by atoms with van der Waals surface area (Å²) in [5.41, 5.74) is 0.0211. The van der Waals surface area contributed by atoms with Crippen molar-refractivity contribution in [3.05, 3.63) is 29.6 Å². The molecule has 0 N–H and O–H groups in total. The molecule has 1 aromatic carbocycles. The van der Waals surface area contributed by atoms with E-state index in [4.69, 9.17) is 9.47 Å². The minimum Gasteiger partial charge on any atom is -0.493 e. The smallest absolute Gasteiger partial charge is 0.309 e. The van der Waals surface area contributed by atoms with Gasteiger partial charge in [-0.05, 0) is 26.0 Å². The Morgan fingerprint density at radius 3 is 2.61 bits per heavy atom. The zero-order valence-electron chi connectivity index (χ0n) is 10.4. The van der Waals surface area contributed by atoms with Crippen molar-refractivity contribution in [1.29, 1.82) is 0 Å². The quantitative estimate of drug-likeness (QED) is 0.577. The average molecular weight is 254 g/mol. The Morgan fingerprint density at radius 2 is 2.06 bits per heavy atom. The summed E-state index contributed by atoms with van der Waals surface area (Å²) >= 11 is 0. The number of carbonyl (C=O) groups excluding carboxylic acids is 2. The highest BCUT2D eigenvalue weighted by molar-refractivity contribution is 5.94. The fraction of sp³-hybridized carbons (Fsp3) is 0.385. The van der Waals surface area contributed by atoms with E-state index in [1.165, 1.54) is 19.1 Å². The number of ether oxygens (including phenoxy) is 2. The summed E-state index contributed by atoms with van der Waals surface area (Å²) in [5, 5.41) is 0. The molecule has 5 heteroatoms. The van der Waals surface area contributed by atoms with E-state index in [2.05, 4.69) is 0 Å². The summed E-state index contributed by atoms with van der Waals surface area (Å²) < 4.78 is 23.3. The highest BCUT2D eigenvalue weighted by Gasteiger charge is 2.09. The summed E-state index contributed by atoms with van der Waals surface area (Å²) in [5.74, 6) is -1.05. The molecular weight excluding hydrogens is 239 g/mol. The topological polar surface area (TPSA) is 52.6 Å². The number of hydrogen-bond acceptors (Lipinski definition) is 4. The Kier molecular flexibility index (Phi) is 5.30. The number of halogens is 1. The highest BCUT2D eigenvalue weighted by atomic mass is 19.1. The van der Waals surface area contributed by atoms with Gasteiger partial charge in [-0.2, -0.15) is 0 Å². The molecule has 0 radical (unpaired) electrons. The van der Waals surface area contributed by atoms with Crippen molar-refractivity contribution in [3.8, 4) is 5.75 Å². The number of esters is 1. The predicted octanol–water partition coefficient (Wildman–Crippen LogP) is 2.36. The molecule has 0 heterocycles. The van der Waals surface area contributed by atoms with Gasteiger partial charge in [0, 0.05) is 6.07 Å². The molecule has 0 aliphatic rings. The third kappa shape index (κ3) is 4.16. The van der Waals surface area contributed by atoms with E-state index in [0.29, 0.717) is 6.61 Å². The van der Waals surface area contributed by atoms with E-state index >= 15 is 0 Å². The Labute approximate surface area is 105 Å². The number of rotatable bonds is 6. The van der Waals surface area contributed by atoms with E-state index in [1.54, 1.807) is 6.92 Å². The van der Waals surface area contributed by atoms with Gasteiger partial charge in [0.2, 0.25) is 0 Å². The molecule has 4 nitrogen and oxygen atoms in total. The van der Waals surface area contributed by atoms with Crippen LogP contribution in [0.2, 0.25) is 0 Å². The molecule has 0 spiro atoms. The molecule has 0 aromatic heterocycles. The molecule has 0 aliphatic heterocycles. The van der Waals surface area contributed by atoms with Crippen LogP contribution in [0.15, 0.2) is 18.2 Å². The van der Waals surface area contributed by atoms with Crippen LogP contribution in [0.1, 0.15) is 30.6 Å². The Balaban J connectivity index is 2.51. The second kappa shape index (κ2) is 6.74. The van der Waals surface area contributed by atoms with Crippen molar-refractivity contribution in [2.24, 2.45) is 0 Å². The first kappa shape index (κ1) is 14.2. The first-order valence-corrected chi connectivity index (χ1v) is 5.63. The molecular formula is C13H15FO4. The summed E-state index contributed by atoms with van der Waals surface area (Å²) in [7, 11) is 0. The van der Waals surface area contributed by atoms with Crippen LogP contribution in [0.4, 0.5) is 4.39 Å². The maximum Gasteiger partial charge on any atom is 0.309 e. The standard InChI is InChI=1S/C13H15FO4/c1-3-17-13(16)6-7-18-10-4-5-11(9(2)15)12(14)8-10/h4-5,8H,3,6-7H2,1-2H3. The van der Waals surface area contributed by atoms with Gasteiger partial charge in [0.15, 0.2) is 5.78 Å². The molecule has 0 fully saturated rings. The zero-order chi connectivity index (χ0) is 13.5. The monoisotopic (exact) mass is 254 g/mol. The molecule has 18 heavy (non-hydrogen) atoms. The van der Waals surface area contributed by atoms with Crippen LogP contribution in [-0.2, 0) is 9.53 Å². The van der Waals surface area contributed by atoms with Crippen LogP contribution in [0.25, 0.3) is 0 Å². The number of ketones is 1. The van der Waals surface area contributed by atoms with Crippen molar-refractivity contribution in [2.45, 2.75) is 20.3 Å². The first-order chi connectivity index (χ1) is 8.54. The Hall–Kier alpha value is -1.91. The third-order valence-electron chi connectivity index (χ3n) is 2.20. The lowest BCUT2D eigenvalue weighted by Gasteiger charge is -2.07. The molecule has 98 valence electrons. The molecule has 0 unspecified atom stereocenters. The maximum atomic E-state index is 13.4. The van der Waals surface area contributed by atoms with Crippen molar-refractivity contribution in [3.63, 3.8) is 0 Å². The summed E-state index contributed by atoms with van der Waals surface area (Å²) in [6, 6.07) is 3.98. The SMILES string of the molecule is CCOC(=O)CCOc1ccc(C(C)=O)c(F)c1. The lowest BCUT2D eigenvalue weighted by atomic mass is 10.1. The van der Waals surface area contributed by atoms with Gasteiger partial charge >= 0.3 is 5.97 Å². The van der Waals surface area contributed by atoms with Crippen molar-refractivity contribution < 1.29 is 23.5 Å². The second-order valence-corrected chi connectivity index (χ2v) is 3.60. The molecule has 1 aromatic rings. The van der Waals surface area contributed by atoms with E-state index < -0.39 is 5.82 Å². The van der Waals surface area contributed by atoms with Gasteiger partial charge in [0.05, 0.1) is 25.2 Å².